The van der Waals surface area contributed by atoms with Gasteiger partial charge in [0.1, 0.15) is 12.6 Å². The van der Waals surface area contributed by atoms with E-state index >= 15 is 0 Å². The Labute approximate surface area is 132 Å². The Hall–Kier alpha value is -1.50. The van der Waals surface area contributed by atoms with Gasteiger partial charge in [-0.3, -0.25) is 4.68 Å². The number of aromatic nitrogens is 2. The number of alkyl halides is 3. The fourth-order valence-corrected chi connectivity index (χ4v) is 2.38. The molecule has 1 atom stereocenters. The third-order valence-corrected chi connectivity index (χ3v) is 3.26. The third kappa shape index (κ3) is 4.49. The molecule has 0 radical (unpaired) electrons. The van der Waals surface area contributed by atoms with Gasteiger partial charge in [-0.15, -0.1) is 0 Å². The van der Waals surface area contributed by atoms with Gasteiger partial charge in [-0.05, 0) is 29.9 Å². The molecule has 3 nitrogen and oxygen atoms in total. The van der Waals surface area contributed by atoms with Gasteiger partial charge in [-0.2, -0.15) is 18.3 Å². The molecular weight excluding hydrogens is 367 g/mol. The predicted octanol–water partition coefficient (Wildman–Crippen LogP) is 4.40. The second kappa shape index (κ2) is 6.51. The minimum absolute atomic E-state index is 0.523. The smallest absolute Gasteiger partial charge is 0.263 e. The Morgan fingerprint density at radius 2 is 2.14 bits per heavy atom. The zero-order chi connectivity index (χ0) is 15.5. The molecule has 0 aliphatic rings. The first-order valence-corrected chi connectivity index (χ1v) is 7.01. The highest BCUT2D eigenvalue weighted by Gasteiger charge is 2.28. The standard InChI is InChI=1S/C13H9BrF3N3S/c14-11-3-1-2-9(4-11)12(18-8-21)10-5-19-20(6-10)7-13(15,16)17/h1-6,12H,7H2. The van der Waals surface area contributed by atoms with Gasteiger partial charge >= 0.3 is 6.18 Å². The van der Waals surface area contributed by atoms with E-state index in [0.717, 1.165) is 14.7 Å². The molecule has 2 rings (SSSR count). The molecule has 0 N–H and O–H groups in total. The molecule has 1 aromatic carbocycles. The van der Waals surface area contributed by atoms with E-state index in [1.165, 1.54) is 12.4 Å². The van der Waals surface area contributed by atoms with Crippen LogP contribution in [0.25, 0.3) is 0 Å². The van der Waals surface area contributed by atoms with Crippen molar-refractivity contribution in [2.45, 2.75) is 18.8 Å². The van der Waals surface area contributed by atoms with E-state index in [0.29, 0.717) is 5.56 Å². The van der Waals surface area contributed by atoms with Crippen LogP contribution in [0.3, 0.4) is 0 Å². The lowest BCUT2D eigenvalue weighted by Crippen LogP contribution is -2.17. The lowest BCUT2D eigenvalue weighted by atomic mass is 10.0. The Morgan fingerprint density at radius 1 is 1.38 bits per heavy atom. The number of isothiocyanates is 1. The third-order valence-electron chi connectivity index (χ3n) is 2.66. The van der Waals surface area contributed by atoms with Crippen molar-refractivity contribution in [1.82, 2.24) is 9.78 Å². The molecule has 1 heterocycles. The highest BCUT2D eigenvalue weighted by molar-refractivity contribution is 9.10. The van der Waals surface area contributed by atoms with Gasteiger partial charge < -0.3 is 0 Å². The van der Waals surface area contributed by atoms with Crippen molar-refractivity contribution in [1.29, 1.82) is 0 Å². The molecule has 1 unspecified atom stereocenters. The molecule has 0 aliphatic heterocycles. The summed E-state index contributed by atoms with van der Waals surface area (Å²) in [6.45, 7) is -1.14. The minimum atomic E-state index is -4.32. The molecular formula is C13H9BrF3N3S. The van der Waals surface area contributed by atoms with Crippen LogP contribution in [0.15, 0.2) is 46.1 Å². The number of aliphatic imine (C=N–C) groups is 1. The van der Waals surface area contributed by atoms with Crippen LogP contribution in [-0.4, -0.2) is 21.1 Å². The number of hydrogen-bond donors (Lipinski definition) is 0. The van der Waals surface area contributed by atoms with Crippen LogP contribution in [0.1, 0.15) is 17.2 Å². The van der Waals surface area contributed by atoms with Gasteiger partial charge in [0, 0.05) is 16.2 Å². The lowest BCUT2D eigenvalue weighted by molar-refractivity contribution is -0.142. The normalized spacial score (nSPS) is 12.8. The molecule has 21 heavy (non-hydrogen) atoms. The Kier molecular flexibility index (Phi) is 4.92. The van der Waals surface area contributed by atoms with Crippen molar-refractivity contribution in [2.75, 3.05) is 0 Å². The van der Waals surface area contributed by atoms with Gasteiger partial charge in [0.25, 0.3) is 0 Å². The Morgan fingerprint density at radius 3 is 2.76 bits per heavy atom. The molecule has 110 valence electrons. The molecule has 0 spiro atoms. The number of thiocarbonyl (C=S) groups is 1. The maximum absolute atomic E-state index is 12.4. The van der Waals surface area contributed by atoms with Crippen LogP contribution < -0.4 is 0 Å². The van der Waals surface area contributed by atoms with Crippen LogP contribution in [-0.2, 0) is 6.54 Å². The largest absolute Gasteiger partial charge is 0.408 e. The van der Waals surface area contributed by atoms with Gasteiger partial charge in [0.15, 0.2) is 0 Å². The number of hydrogen-bond acceptors (Lipinski definition) is 3. The molecule has 8 heteroatoms. The summed E-state index contributed by atoms with van der Waals surface area (Å²) < 4.78 is 38.7. The van der Waals surface area contributed by atoms with Crippen LogP contribution >= 0.6 is 28.1 Å². The van der Waals surface area contributed by atoms with Crippen molar-refractivity contribution in [3.63, 3.8) is 0 Å². The van der Waals surface area contributed by atoms with Gasteiger partial charge in [0.2, 0.25) is 0 Å². The first-order chi connectivity index (χ1) is 9.89. The van der Waals surface area contributed by atoms with E-state index in [9.17, 15) is 13.2 Å². The van der Waals surface area contributed by atoms with Crippen LogP contribution in [0.5, 0.6) is 0 Å². The summed E-state index contributed by atoms with van der Waals surface area (Å²) in [4.78, 5) is 4.02. The van der Waals surface area contributed by atoms with Gasteiger partial charge in [-0.25, -0.2) is 4.99 Å². The fourth-order valence-electron chi connectivity index (χ4n) is 1.86. The van der Waals surface area contributed by atoms with E-state index in [1.54, 1.807) is 0 Å². The zero-order valence-electron chi connectivity index (χ0n) is 10.5. The van der Waals surface area contributed by atoms with E-state index < -0.39 is 18.8 Å². The molecule has 0 fully saturated rings. The lowest BCUT2D eigenvalue weighted by Gasteiger charge is -2.10. The molecule has 0 bridgehead atoms. The summed E-state index contributed by atoms with van der Waals surface area (Å²) in [5.74, 6) is 0. The second-order valence-corrected chi connectivity index (χ2v) is 5.36. The summed E-state index contributed by atoms with van der Waals surface area (Å²) in [5, 5.41) is 5.99. The predicted molar refractivity (Wildman–Crippen MR) is 79.3 cm³/mol. The zero-order valence-corrected chi connectivity index (χ0v) is 12.9. The maximum atomic E-state index is 12.4. The average molecular weight is 376 g/mol. The van der Waals surface area contributed by atoms with E-state index in [1.807, 2.05) is 24.3 Å². The summed E-state index contributed by atoms with van der Waals surface area (Å²) in [6.07, 6.45) is -1.65. The summed E-state index contributed by atoms with van der Waals surface area (Å²) in [6, 6.07) is 6.76. The van der Waals surface area contributed by atoms with Gasteiger partial charge in [-0.1, -0.05) is 28.1 Å². The minimum Gasteiger partial charge on any atom is -0.263 e. The highest BCUT2D eigenvalue weighted by atomic mass is 79.9. The molecule has 2 aromatic rings. The number of halogens is 4. The molecule has 1 aromatic heterocycles. The number of rotatable bonds is 4. The van der Waals surface area contributed by atoms with E-state index in [2.05, 4.69) is 43.4 Å². The summed E-state index contributed by atoms with van der Waals surface area (Å²) >= 11 is 7.96. The second-order valence-electron chi connectivity index (χ2n) is 4.26. The highest BCUT2D eigenvalue weighted by Crippen LogP contribution is 2.28. The Balaban J connectivity index is 2.33. The first-order valence-electron chi connectivity index (χ1n) is 5.80. The molecule has 0 saturated carbocycles. The topological polar surface area (TPSA) is 30.2 Å². The van der Waals surface area contributed by atoms with Gasteiger partial charge in [0.05, 0.1) is 11.4 Å². The fraction of sp³-hybridized carbons (Fsp3) is 0.231. The molecule has 0 saturated heterocycles. The van der Waals surface area contributed by atoms with E-state index in [-0.39, 0.29) is 0 Å². The van der Waals surface area contributed by atoms with Crippen LogP contribution in [0.2, 0.25) is 0 Å². The first kappa shape index (κ1) is 15.9. The quantitative estimate of drug-likeness (QED) is 0.585. The summed E-state index contributed by atoms with van der Waals surface area (Å²) in [5.41, 5.74) is 1.31. The van der Waals surface area contributed by atoms with Crippen molar-refractivity contribution < 1.29 is 13.2 Å². The number of benzene rings is 1. The van der Waals surface area contributed by atoms with Crippen LogP contribution in [0.4, 0.5) is 13.2 Å². The van der Waals surface area contributed by atoms with E-state index in [4.69, 9.17) is 0 Å². The van der Waals surface area contributed by atoms with Crippen molar-refractivity contribution in [2.24, 2.45) is 4.99 Å². The van der Waals surface area contributed by atoms with Crippen molar-refractivity contribution >= 4 is 33.3 Å². The molecule has 0 amide bonds. The SMILES string of the molecule is FC(F)(F)Cn1cc(C(N=C=S)c2cccc(Br)c2)cn1. The molecule has 0 aliphatic carbocycles. The summed E-state index contributed by atoms with van der Waals surface area (Å²) in [7, 11) is 0. The van der Waals surface area contributed by atoms with Crippen molar-refractivity contribution in [3.8, 4) is 0 Å². The average Bonchev–Trinajstić information content (AvgIpc) is 2.81. The Bertz CT molecular complexity index is 677. The number of nitrogens with zero attached hydrogens (tertiary/aromatic N) is 3. The maximum Gasteiger partial charge on any atom is 0.408 e. The van der Waals surface area contributed by atoms with Crippen LogP contribution in [0, 0.1) is 0 Å². The monoisotopic (exact) mass is 375 g/mol. The van der Waals surface area contributed by atoms with Crippen molar-refractivity contribution in [3.05, 3.63) is 52.3 Å².